The number of anilines is 1. The van der Waals surface area contributed by atoms with E-state index in [0.29, 0.717) is 24.5 Å². The van der Waals surface area contributed by atoms with Crippen LogP contribution in [0.1, 0.15) is 5.56 Å². The molecule has 0 fully saturated rings. The summed E-state index contributed by atoms with van der Waals surface area (Å²) in [5, 5.41) is 8.92. The third-order valence-corrected chi connectivity index (χ3v) is 2.33. The summed E-state index contributed by atoms with van der Waals surface area (Å²) in [6.07, 6.45) is 1.45. The van der Waals surface area contributed by atoms with Gasteiger partial charge in [-0.1, -0.05) is 18.2 Å². The Morgan fingerprint density at radius 3 is 2.63 bits per heavy atom. The normalized spacial score (nSPS) is 9.63. The monoisotopic (exact) mass is 255 g/mol. The van der Waals surface area contributed by atoms with Gasteiger partial charge in [-0.2, -0.15) is 5.26 Å². The summed E-state index contributed by atoms with van der Waals surface area (Å²) in [7, 11) is 0. The average Bonchev–Trinajstić information content (AvgIpc) is 2.46. The Morgan fingerprint density at radius 1 is 1.16 bits per heavy atom. The number of para-hydroxylation sites is 1. The van der Waals surface area contributed by atoms with Gasteiger partial charge in [0.1, 0.15) is 30.6 Å². The Balaban J connectivity index is 1.85. The number of nitriles is 1. The van der Waals surface area contributed by atoms with Gasteiger partial charge in [-0.05, 0) is 18.2 Å². The molecule has 2 aromatic rings. The van der Waals surface area contributed by atoms with E-state index in [4.69, 9.17) is 20.5 Å². The number of nitrogens with zero attached hydrogens (tertiary/aromatic N) is 2. The lowest BCUT2D eigenvalue weighted by molar-refractivity contribution is 0.211. The van der Waals surface area contributed by atoms with Crippen molar-refractivity contribution in [3.63, 3.8) is 0 Å². The first kappa shape index (κ1) is 12.7. The Kier molecular flexibility index (Phi) is 4.19. The number of nitrogens with two attached hydrogens (primary N) is 1. The maximum absolute atomic E-state index is 8.92. The van der Waals surface area contributed by atoms with Crippen LogP contribution in [-0.2, 0) is 0 Å². The highest BCUT2D eigenvalue weighted by Gasteiger charge is 2.05. The van der Waals surface area contributed by atoms with E-state index in [0.717, 1.165) is 5.75 Å². The van der Waals surface area contributed by atoms with Crippen molar-refractivity contribution in [3.05, 3.63) is 48.2 Å². The van der Waals surface area contributed by atoms with Crippen LogP contribution in [0.2, 0.25) is 0 Å². The summed E-state index contributed by atoms with van der Waals surface area (Å²) in [6.45, 7) is 0.682. The fourth-order valence-electron chi connectivity index (χ4n) is 1.48. The Bertz CT molecular complexity index is 579. The molecule has 96 valence electrons. The van der Waals surface area contributed by atoms with Gasteiger partial charge in [0.2, 0.25) is 5.88 Å². The Hall–Kier alpha value is -2.74. The van der Waals surface area contributed by atoms with Crippen LogP contribution in [-0.4, -0.2) is 18.2 Å². The maximum atomic E-state index is 8.92. The van der Waals surface area contributed by atoms with E-state index in [1.54, 1.807) is 0 Å². The fourth-order valence-corrected chi connectivity index (χ4v) is 1.48. The molecule has 0 saturated carbocycles. The van der Waals surface area contributed by atoms with Gasteiger partial charge >= 0.3 is 0 Å². The zero-order valence-electron chi connectivity index (χ0n) is 10.2. The van der Waals surface area contributed by atoms with Crippen molar-refractivity contribution in [1.82, 2.24) is 4.98 Å². The van der Waals surface area contributed by atoms with Crippen LogP contribution in [0.3, 0.4) is 0 Å². The van der Waals surface area contributed by atoms with Crippen molar-refractivity contribution in [2.45, 2.75) is 0 Å². The van der Waals surface area contributed by atoms with Crippen LogP contribution in [0.15, 0.2) is 42.6 Å². The van der Waals surface area contributed by atoms with Gasteiger partial charge in [-0.3, -0.25) is 0 Å². The van der Waals surface area contributed by atoms with Gasteiger partial charge in [0.05, 0.1) is 11.9 Å². The molecule has 2 rings (SSSR count). The predicted octanol–water partition coefficient (Wildman–Crippen LogP) is 1.99. The lowest BCUT2D eigenvalue weighted by atomic mass is 10.3. The van der Waals surface area contributed by atoms with Gasteiger partial charge in [0, 0.05) is 0 Å². The van der Waals surface area contributed by atoms with Crippen molar-refractivity contribution in [2.24, 2.45) is 0 Å². The number of rotatable bonds is 5. The molecular weight excluding hydrogens is 242 g/mol. The number of nitrogen functional groups attached to an aromatic ring is 1. The molecule has 0 aliphatic rings. The SMILES string of the molecule is N#Cc1cc(N)cnc1OCCOc1ccccc1. The molecule has 1 aromatic carbocycles. The predicted molar refractivity (Wildman–Crippen MR) is 70.8 cm³/mol. The van der Waals surface area contributed by atoms with Crippen molar-refractivity contribution >= 4 is 5.69 Å². The van der Waals surface area contributed by atoms with Crippen molar-refractivity contribution in [3.8, 4) is 17.7 Å². The number of hydrogen-bond donors (Lipinski definition) is 1. The molecule has 0 aliphatic heterocycles. The minimum atomic E-state index is 0.272. The number of ether oxygens (including phenoxy) is 2. The second-order valence-electron chi connectivity index (χ2n) is 3.74. The summed E-state index contributed by atoms with van der Waals surface area (Å²) in [5.41, 5.74) is 6.29. The lowest BCUT2D eigenvalue weighted by Gasteiger charge is -2.08. The average molecular weight is 255 g/mol. The van der Waals surface area contributed by atoms with Gasteiger partial charge < -0.3 is 15.2 Å². The third-order valence-electron chi connectivity index (χ3n) is 2.33. The summed E-state index contributed by atoms with van der Waals surface area (Å²) in [4.78, 5) is 3.97. The zero-order chi connectivity index (χ0) is 13.5. The number of hydrogen-bond acceptors (Lipinski definition) is 5. The van der Waals surface area contributed by atoms with E-state index in [9.17, 15) is 0 Å². The minimum Gasteiger partial charge on any atom is -0.490 e. The summed E-state index contributed by atoms with van der Waals surface area (Å²) >= 11 is 0. The molecule has 0 radical (unpaired) electrons. The zero-order valence-corrected chi connectivity index (χ0v) is 10.2. The quantitative estimate of drug-likeness (QED) is 0.826. The number of benzene rings is 1. The topological polar surface area (TPSA) is 81.2 Å². The van der Waals surface area contributed by atoms with Gasteiger partial charge in [-0.25, -0.2) is 4.98 Å². The van der Waals surface area contributed by atoms with E-state index >= 15 is 0 Å². The smallest absolute Gasteiger partial charge is 0.231 e. The van der Waals surface area contributed by atoms with Crippen LogP contribution in [0.4, 0.5) is 5.69 Å². The standard InChI is InChI=1S/C14H13N3O2/c15-9-11-8-12(16)10-17-14(11)19-7-6-18-13-4-2-1-3-5-13/h1-5,8,10H,6-7,16H2. The van der Waals surface area contributed by atoms with Gasteiger partial charge in [0.15, 0.2) is 0 Å². The van der Waals surface area contributed by atoms with Crippen molar-refractivity contribution in [2.75, 3.05) is 18.9 Å². The molecule has 0 saturated heterocycles. The molecule has 1 aromatic heterocycles. The van der Waals surface area contributed by atoms with Crippen LogP contribution in [0.5, 0.6) is 11.6 Å². The second kappa shape index (κ2) is 6.26. The lowest BCUT2D eigenvalue weighted by Crippen LogP contribution is -2.10. The number of pyridine rings is 1. The van der Waals surface area contributed by atoms with Crippen LogP contribution >= 0.6 is 0 Å². The first-order valence-electron chi connectivity index (χ1n) is 5.76. The molecule has 19 heavy (non-hydrogen) atoms. The van der Waals surface area contributed by atoms with E-state index in [2.05, 4.69) is 4.98 Å². The van der Waals surface area contributed by atoms with Crippen LogP contribution in [0, 0.1) is 11.3 Å². The first-order valence-corrected chi connectivity index (χ1v) is 5.76. The molecule has 0 amide bonds. The highest BCUT2D eigenvalue weighted by atomic mass is 16.5. The molecule has 0 unspecified atom stereocenters. The minimum absolute atomic E-state index is 0.272. The largest absolute Gasteiger partial charge is 0.490 e. The molecule has 5 heteroatoms. The molecule has 1 heterocycles. The Morgan fingerprint density at radius 2 is 1.89 bits per heavy atom. The highest BCUT2D eigenvalue weighted by Crippen LogP contribution is 2.16. The summed E-state index contributed by atoms with van der Waals surface area (Å²) < 4.78 is 10.9. The van der Waals surface area contributed by atoms with Gasteiger partial charge in [0.25, 0.3) is 0 Å². The fraction of sp³-hybridized carbons (Fsp3) is 0.143. The Labute approximate surface area is 111 Å². The van der Waals surface area contributed by atoms with Gasteiger partial charge in [-0.15, -0.1) is 0 Å². The van der Waals surface area contributed by atoms with E-state index in [-0.39, 0.29) is 5.88 Å². The highest BCUT2D eigenvalue weighted by molar-refractivity contribution is 5.48. The second-order valence-corrected chi connectivity index (χ2v) is 3.74. The van der Waals surface area contributed by atoms with Crippen molar-refractivity contribution < 1.29 is 9.47 Å². The van der Waals surface area contributed by atoms with E-state index in [1.165, 1.54) is 12.3 Å². The van der Waals surface area contributed by atoms with Crippen LogP contribution in [0.25, 0.3) is 0 Å². The van der Waals surface area contributed by atoms with Crippen LogP contribution < -0.4 is 15.2 Å². The maximum Gasteiger partial charge on any atom is 0.231 e. The molecular formula is C14H13N3O2. The first-order chi connectivity index (χ1) is 9.29. The molecule has 0 atom stereocenters. The number of aromatic nitrogens is 1. The molecule has 5 nitrogen and oxygen atoms in total. The van der Waals surface area contributed by atoms with E-state index in [1.807, 2.05) is 36.4 Å². The van der Waals surface area contributed by atoms with E-state index < -0.39 is 0 Å². The summed E-state index contributed by atoms with van der Waals surface area (Å²) in [6, 6.07) is 12.9. The van der Waals surface area contributed by atoms with Crippen molar-refractivity contribution in [1.29, 1.82) is 5.26 Å². The third kappa shape index (κ3) is 3.61. The molecule has 0 aliphatic carbocycles. The molecule has 0 bridgehead atoms. The molecule has 2 N–H and O–H groups in total. The summed E-state index contributed by atoms with van der Waals surface area (Å²) in [5.74, 6) is 1.05. The molecule has 0 spiro atoms.